The van der Waals surface area contributed by atoms with E-state index in [-0.39, 0.29) is 22.3 Å². The summed E-state index contributed by atoms with van der Waals surface area (Å²) in [5.74, 6) is 0.0545. The molecule has 0 spiro atoms. The summed E-state index contributed by atoms with van der Waals surface area (Å²) < 4.78 is 2.54. The molecule has 0 saturated heterocycles. The van der Waals surface area contributed by atoms with Crippen LogP contribution in [0.15, 0.2) is 24.3 Å². The Labute approximate surface area is 162 Å². The minimum Gasteiger partial charge on any atom is -0.545 e. The summed E-state index contributed by atoms with van der Waals surface area (Å²) in [5, 5.41) is 14.3. The maximum absolute atomic E-state index is 11.9. The summed E-state index contributed by atoms with van der Waals surface area (Å²) in [6.07, 6.45) is 7.13. The van der Waals surface area contributed by atoms with Crippen molar-refractivity contribution in [1.29, 1.82) is 0 Å². The van der Waals surface area contributed by atoms with E-state index in [0.717, 1.165) is 0 Å². The van der Waals surface area contributed by atoms with E-state index in [1.165, 1.54) is 69.7 Å². The Hall–Kier alpha value is -2.17. The number of rotatable bonds is 3. The number of ketones is 1. The Morgan fingerprint density at radius 1 is 1.04 bits per heavy atom. The van der Waals surface area contributed by atoms with Gasteiger partial charge in [0.05, 0.1) is 25.6 Å². The zero-order valence-corrected chi connectivity index (χ0v) is 16.8. The molecule has 148 valence electrons. The molecule has 0 saturated carbocycles. The number of hydrogen-bond donors (Lipinski definition) is 1. The Bertz CT molecular complexity index is 684. The van der Waals surface area contributed by atoms with Gasteiger partial charge in [-0.1, -0.05) is 45.0 Å². The van der Waals surface area contributed by atoms with Crippen molar-refractivity contribution in [2.75, 3.05) is 19.6 Å². The van der Waals surface area contributed by atoms with Crippen molar-refractivity contribution in [3.63, 3.8) is 0 Å². The van der Waals surface area contributed by atoms with E-state index in [4.69, 9.17) is 0 Å². The lowest BCUT2D eigenvalue weighted by Crippen LogP contribution is -2.40. The standard InChI is InChI=1S/C13H16O3.C9H16N2/c1-13(2,3)8-11(14)9-6-4-5-7-10(9)12(15)16;1-2-5-9-10-6-4-8-11(9)7-3-1/h4-7H,8H2,1-3H3,(H,15,16);1-8H2. The van der Waals surface area contributed by atoms with Gasteiger partial charge in [-0.2, -0.15) is 0 Å². The fourth-order valence-electron chi connectivity index (χ4n) is 3.50. The summed E-state index contributed by atoms with van der Waals surface area (Å²) in [7, 11) is 0. The number of amidine groups is 1. The number of hydrogen-bond acceptors (Lipinski definition) is 4. The molecule has 1 aromatic carbocycles. The molecule has 0 radical (unpaired) electrons. The molecule has 0 amide bonds. The second-order valence-electron chi connectivity index (χ2n) is 8.52. The summed E-state index contributed by atoms with van der Waals surface area (Å²) in [6, 6.07) is 6.16. The van der Waals surface area contributed by atoms with Gasteiger partial charge in [0.2, 0.25) is 5.84 Å². The van der Waals surface area contributed by atoms with Gasteiger partial charge in [-0.15, -0.1) is 0 Å². The minimum absolute atomic E-state index is 0.0308. The Morgan fingerprint density at radius 2 is 1.70 bits per heavy atom. The number of aromatic carboxylic acids is 1. The van der Waals surface area contributed by atoms with Gasteiger partial charge in [-0.3, -0.25) is 14.7 Å². The average Bonchev–Trinajstić information content (AvgIpc) is 2.86. The van der Waals surface area contributed by atoms with Crippen molar-refractivity contribution < 1.29 is 19.3 Å². The van der Waals surface area contributed by atoms with E-state index in [2.05, 4.69) is 9.89 Å². The van der Waals surface area contributed by atoms with Crippen LogP contribution < -0.4 is 10.4 Å². The normalized spacial score (nSPS) is 17.0. The predicted octanol–water partition coefficient (Wildman–Crippen LogP) is 2.63. The Kier molecular flexibility index (Phi) is 7.57. The third-order valence-electron chi connectivity index (χ3n) is 4.80. The first-order valence-corrected chi connectivity index (χ1v) is 9.96. The van der Waals surface area contributed by atoms with Crippen LogP contribution in [0.4, 0.5) is 0 Å². The molecule has 5 heteroatoms. The number of carbonyl (C=O) groups excluding carboxylic acids is 2. The predicted molar refractivity (Wildman–Crippen MR) is 105 cm³/mol. The molecule has 0 aromatic heterocycles. The molecular weight excluding hydrogens is 340 g/mol. The molecule has 0 bridgehead atoms. The van der Waals surface area contributed by atoms with Crippen LogP contribution in [0, 0.1) is 5.41 Å². The molecule has 5 nitrogen and oxygen atoms in total. The van der Waals surface area contributed by atoms with Crippen LogP contribution in [0.3, 0.4) is 0 Å². The van der Waals surface area contributed by atoms with Crippen LogP contribution in [0.2, 0.25) is 0 Å². The van der Waals surface area contributed by atoms with Crippen molar-refractivity contribution in [1.82, 2.24) is 5.32 Å². The maximum Gasteiger partial charge on any atom is 0.244 e. The Morgan fingerprint density at radius 3 is 2.37 bits per heavy atom. The highest BCUT2D eigenvalue weighted by atomic mass is 16.4. The minimum atomic E-state index is -1.31. The first kappa shape index (κ1) is 21.1. The molecule has 1 N–H and O–H groups in total. The van der Waals surface area contributed by atoms with Crippen LogP contribution >= 0.6 is 0 Å². The number of carboxylic acids is 1. The smallest absolute Gasteiger partial charge is 0.244 e. The zero-order valence-electron chi connectivity index (χ0n) is 16.8. The van der Waals surface area contributed by atoms with Crippen molar-refractivity contribution >= 4 is 17.6 Å². The maximum atomic E-state index is 11.9. The summed E-state index contributed by atoms with van der Waals surface area (Å²) in [6.45, 7) is 9.60. The molecule has 27 heavy (non-hydrogen) atoms. The van der Waals surface area contributed by atoms with E-state index < -0.39 is 5.97 Å². The van der Waals surface area contributed by atoms with Crippen molar-refractivity contribution in [2.24, 2.45) is 5.41 Å². The third kappa shape index (κ3) is 6.81. The van der Waals surface area contributed by atoms with Crippen LogP contribution in [-0.4, -0.2) is 41.8 Å². The third-order valence-corrected chi connectivity index (χ3v) is 4.80. The second kappa shape index (κ2) is 9.67. The summed E-state index contributed by atoms with van der Waals surface area (Å²) in [4.78, 5) is 22.7. The number of carboxylic acid groups (broad SMARTS) is 1. The fourth-order valence-corrected chi connectivity index (χ4v) is 3.50. The molecule has 0 unspecified atom stereocenters. The lowest BCUT2D eigenvalue weighted by atomic mass is 9.87. The molecule has 0 atom stereocenters. The zero-order chi connectivity index (χ0) is 19.9. The van der Waals surface area contributed by atoms with E-state index in [0.29, 0.717) is 6.42 Å². The largest absolute Gasteiger partial charge is 0.545 e. The number of benzene rings is 1. The second-order valence-corrected chi connectivity index (χ2v) is 8.52. The van der Waals surface area contributed by atoms with E-state index >= 15 is 0 Å². The van der Waals surface area contributed by atoms with E-state index in [1.807, 2.05) is 20.8 Å². The average molecular weight is 373 g/mol. The number of Topliss-reactive ketones (excluding diaryl/α,β-unsaturated/α-hetero) is 1. The van der Waals surface area contributed by atoms with Gasteiger partial charge in [-0.25, -0.2) is 0 Å². The summed E-state index contributed by atoms with van der Waals surface area (Å²) in [5.41, 5.74) is 0.0463. The summed E-state index contributed by atoms with van der Waals surface area (Å²) >= 11 is 0. The number of nitrogens with zero attached hydrogens (tertiary/aromatic N) is 1. The van der Waals surface area contributed by atoms with E-state index in [9.17, 15) is 14.7 Å². The molecule has 2 aliphatic rings. The molecular formula is C22H32N2O3. The van der Waals surface area contributed by atoms with Gasteiger partial charge in [0.25, 0.3) is 0 Å². The molecule has 1 aromatic rings. The van der Waals surface area contributed by atoms with Crippen LogP contribution in [0.1, 0.15) is 80.0 Å². The number of nitrogens with one attached hydrogen (secondary N) is 1. The van der Waals surface area contributed by atoms with Gasteiger partial charge in [0, 0.05) is 30.4 Å². The number of carbonyl (C=O) groups is 2. The monoisotopic (exact) mass is 372 g/mol. The molecule has 3 rings (SSSR count). The van der Waals surface area contributed by atoms with Gasteiger partial charge < -0.3 is 9.90 Å². The van der Waals surface area contributed by atoms with Crippen LogP contribution in [0.5, 0.6) is 0 Å². The van der Waals surface area contributed by atoms with Crippen molar-refractivity contribution in [2.45, 2.75) is 59.3 Å². The quantitative estimate of drug-likeness (QED) is 0.654. The first-order valence-electron chi connectivity index (χ1n) is 9.96. The van der Waals surface area contributed by atoms with Gasteiger partial charge in [0.15, 0.2) is 5.78 Å². The molecule has 0 aliphatic carbocycles. The van der Waals surface area contributed by atoms with Gasteiger partial charge >= 0.3 is 0 Å². The van der Waals surface area contributed by atoms with Crippen LogP contribution in [-0.2, 0) is 0 Å². The lowest BCUT2D eigenvalue weighted by molar-refractivity contribution is -0.534. The first-order chi connectivity index (χ1) is 12.8. The highest BCUT2D eigenvalue weighted by molar-refractivity contribution is 6.05. The van der Waals surface area contributed by atoms with Crippen molar-refractivity contribution in [3.8, 4) is 0 Å². The topological polar surface area (TPSA) is 72.2 Å². The van der Waals surface area contributed by atoms with E-state index in [1.54, 1.807) is 12.1 Å². The SMILES string of the molecule is C1CCC2=[N+](CC1)CCCN2.CC(C)(C)CC(=O)c1ccccc1C(=O)[O-]. The van der Waals surface area contributed by atoms with Gasteiger partial charge in [-0.05, 0) is 24.7 Å². The molecule has 2 aliphatic heterocycles. The van der Waals surface area contributed by atoms with Crippen molar-refractivity contribution in [3.05, 3.63) is 35.4 Å². The highest BCUT2D eigenvalue weighted by Gasteiger charge is 2.20. The highest BCUT2D eigenvalue weighted by Crippen LogP contribution is 2.22. The molecule has 2 heterocycles. The molecule has 0 fully saturated rings. The van der Waals surface area contributed by atoms with Gasteiger partial charge in [0.1, 0.15) is 0 Å². The fraction of sp³-hybridized carbons (Fsp3) is 0.591. The van der Waals surface area contributed by atoms with Crippen LogP contribution in [0.25, 0.3) is 0 Å². The Balaban J connectivity index is 0.000000206. The lowest BCUT2D eigenvalue weighted by Gasteiger charge is -2.18.